The summed E-state index contributed by atoms with van der Waals surface area (Å²) in [4.78, 5) is 42.4. The van der Waals surface area contributed by atoms with Gasteiger partial charge in [0, 0.05) is 12.0 Å². The molecule has 3 rings (SSSR count). The first-order valence-electron chi connectivity index (χ1n) is 11.1. The maximum Gasteiger partial charge on any atom is 0.341 e. The summed E-state index contributed by atoms with van der Waals surface area (Å²) in [5.41, 5.74) is 7.87. The van der Waals surface area contributed by atoms with Crippen LogP contribution in [0.3, 0.4) is 0 Å². The van der Waals surface area contributed by atoms with E-state index < -0.39 is 18.5 Å². The number of nitrogens with one attached hydrogen (secondary N) is 2. The highest BCUT2D eigenvalue weighted by Gasteiger charge is 2.18. The van der Waals surface area contributed by atoms with E-state index >= 15 is 0 Å². The smallest absolute Gasteiger partial charge is 0.341 e. The zero-order valence-electron chi connectivity index (χ0n) is 19.0. The van der Waals surface area contributed by atoms with Crippen molar-refractivity contribution in [2.75, 3.05) is 11.9 Å². The molecule has 34 heavy (non-hydrogen) atoms. The summed E-state index contributed by atoms with van der Waals surface area (Å²) >= 11 is 0. The third-order valence-electron chi connectivity index (χ3n) is 5.17. The second kappa shape index (κ2) is 11.6. The lowest BCUT2D eigenvalue weighted by Crippen LogP contribution is -2.18. The second-order valence-electron chi connectivity index (χ2n) is 7.88. The predicted octanol–water partition coefficient (Wildman–Crippen LogP) is 3.55. The Morgan fingerprint density at radius 2 is 1.71 bits per heavy atom. The molecular formula is C25H28N4O5. The number of unbranched alkanes of at least 4 members (excludes halogenated alkanes) is 2. The number of hydrogen-bond acceptors (Lipinski definition) is 5. The lowest BCUT2D eigenvalue weighted by atomic mass is 10.1. The van der Waals surface area contributed by atoms with Gasteiger partial charge >= 0.3 is 5.97 Å². The Labute approximate surface area is 197 Å². The zero-order chi connectivity index (χ0) is 24.5. The van der Waals surface area contributed by atoms with Crippen molar-refractivity contribution in [3.05, 3.63) is 76.7 Å². The van der Waals surface area contributed by atoms with Crippen LogP contribution in [0.5, 0.6) is 5.75 Å². The molecule has 0 aliphatic carbocycles. The van der Waals surface area contributed by atoms with Crippen molar-refractivity contribution in [3.63, 3.8) is 0 Å². The topological polar surface area (TPSA) is 147 Å². The molecule has 0 bridgehead atoms. The van der Waals surface area contributed by atoms with Crippen LogP contribution >= 0.6 is 0 Å². The molecule has 1 heterocycles. The van der Waals surface area contributed by atoms with Gasteiger partial charge in [0.1, 0.15) is 17.4 Å². The number of carbonyl (C=O) groups excluding carboxylic acids is 2. The third-order valence-corrected chi connectivity index (χ3v) is 5.17. The summed E-state index contributed by atoms with van der Waals surface area (Å²) in [6.45, 7) is 1.73. The molecule has 0 saturated heterocycles. The molecule has 0 unspecified atom stereocenters. The SMILES string of the molecule is CCCCCc1ccc(C(=O)Nc2[nH]c(Cc3ccc(OCC(=O)O)cc3)nc2C(N)=O)cc1. The third kappa shape index (κ3) is 6.93. The van der Waals surface area contributed by atoms with E-state index in [9.17, 15) is 14.4 Å². The molecule has 3 aromatic rings. The molecule has 1 aromatic heterocycles. The van der Waals surface area contributed by atoms with Gasteiger partial charge in [-0.1, -0.05) is 44.0 Å². The fraction of sp³-hybridized carbons (Fsp3) is 0.280. The zero-order valence-corrected chi connectivity index (χ0v) is 19.0. The number of hydrogen-bond donors (Lipinski definition) is 4. The number of ether oxygens (including phenoxy) is 1. The van der Waals surface area contributed by atoms with E-state index in [1.54, 1.807) is 36.4 Å². The number of carbonyl (C=O) groups is 3. The number of nitrogens with zero attached hydrogens (tertiary/aromatic N) is 1. The van der Waals surface area contributed by atoms with Gasteiger partial charge in [-0.2, -0.15) is 0 Å². The lowest BCUT2D eigenvalue weighted by Gasteiger charge is -2.06. The molecule has 2 amide bonds. The van der Waals surface area contributed by atoms with Gasteiger partial charge in [-0.3, -0.25) is 9.59 Å². The normalized spacial score (nSPS) is 10.6. The summed E-state index contributed by atoms with van der Waals surface area (Å²) in [7, 11) is 0. The Kier molecular flexibility index (Phi) is 8.39. The number of carboxylic acid groups (broad SMARTS) is 1. The highest BCUT2D eigenvalue weighted by Crippen LogP contribution is 2.19. The van der Waals surface area contributed by atoms with Crippen molar-refractivity contribution in [1.29, 1.82) is 0 Å². The minimum Gasteiger partial charge on any atom is -0.482 e. The van der Waals surface area contributed by atoms with Crippen molar-refractivity contribution in [2.24, 2.45) is 5.73 Å². The summed E-state index contributed by atoms with van der Waals surface area (Å²) in [5, 5.41) is 11.4. The van der Waals surface area contributed by atoms with Crippen molar-refractivity contribution >= 4 is 23.6 Å². The van der Waals surface area contributed by atoms with Crippen LogP contribution in [0.25, 0.3) is 0 Å². The fourth-order valence-corrected chi connectivity index (χ4v) is 3.40. The van der Waals surface area contributed by atoms with Crippen LogP contribution in [0.1, 0.15) is 64.0 Å². The van der Waals surface area contributed by atoms with Crippen LogP contribution in [0.15, 0.2) is 48.5 Å². The Balaban J connectivity index is 1.67. The Hall–Kier alpha value is -4.14. The van der Waals surface area contributed by atoms with Crippen molar-refractivity contribution in [2.45, 2.75) is 39.0 Å². The highest BCUT2D eigenvalue weighted by molar-refractivity contribution is 6.07. The Morgan fingerprint density at radius 1 is 1.03 bits per heavy atom. The van der Waals surface area contributed by atoms with Gasteiger partial charge in [-0.25, -0.2) is 9.78 Å². The highest BCUT2D eigenvalue weighted by atomic mass is 16.5. The number of amides is 2. The molecule has 0 aliphatic heterocycles. The van der Waals surface area contributed by atoms with Gasteiger partial charge in [-0.15, -0.1) is 0 Å². The number of rotatable bonds is 12. The van der Waals surface area contributed by atoms with Crippen LogP contribution in [-0.2, 0) is 17.6 Å². The lowest BCUT2D eigenvalue weighted by molar-refractivity contribution is -0.139. The number of aromatic nitrogens is 2. The monoisotopic (exact) mass is 464 g/mol. The van der Waals surface area contributed by atoms with Gasteiger partial charge < -0.3 is 25.9 Å². The van der Waals surface area contributed by atoms with E-state index in [1.807, 2.05) is 12.1 Å². The summed E-state index contributed by atoms with van der Waals surface area (Å²) in [6, 6.07) is 14.2. The summed E-state index contributed by atoms with van der Waals surface area (Å²) in [5.74, 6) is -1.20. The first-order valence-corrected chi connectivity index (χ1v) is 11.1. The van der Waals surface area contributed by atoms with Gasteiger partial charge in [0.2, 0.25) is 0 Å². The van der Waals surface area contributed by atoms with Crippen LogP contribution in [-0.4, -0.2) is 39.5 Å². The number of nitrogens with two attached hydrogens (primary N) is 1. The molecule has 5 N–H and O–H groups in total. The number of carboxylic acids is 1. The van der Waals surface area contributed by atoms with E-state index in [0.29, 0.717) is 23.6 Å². The number of aryl methyl sites for hydroxylation is 1. The predicted molar refractivity (Wildman–Crippen MR) is 127 cm³/mol. The number of aliphatic carboxylic acids is 1. The largest absolute Gasteiger partial charge is 0.482 e. The van der Waals surface area contributed by atoms with Crippen molar-refractivity contribution < 1.29 is 24.2 Å². The number of imidazole rings is 1. The minimum absolute atomic E-state index is 0.0547. The van der Waals surface area contributed by atoms with Crippen molar-refractivity contribution in [3.8, 4) is 5.75 Å². The van der Waals surface area contributed by atoms with Crippen LogP contribution < -0.4 is 15.8 Å². The molecule has 9 nitrogen and oxygen atoms in total. The van der Waals surface area contributed by atoms with Gasteiger partial charge in [0.25, 0.3) is 11.8 Å². The number of anilines is 1. The minimum atomic E-state index is -1.06. The first-order chi connectivity index (χ1) is 16.4. The molecule has 0 atom stereocenters. The Bertz CT molecular complexity index is 1140. The van der Waals surface area contributed by atoms with Gasteiger partial charge in [0.05, 0.1) is 0 Å². The van der Waals surface area contributed by atoms with E-state index in [1.165, 1.54) is 12.0 Å². The molecule has 0 fully saturated rings. The average Bonchev–Trinajstić information content (AvgIpc) is 3.21. The Morgan fingerprint density at radius 3 is 2.32 bits per heavy atom. The molecule has 0 aliphatic rings. The van der Waals surface area contributed by atoms with E-state index in [4.69, 9.17) is 15.6 Å². The molecule has 178 valence electrons. The maximum atomic E-state index is 12.7. The number of benzene rings is 2. The van der Waals surface area contributed by atoms with Crippen LogP contribution in [0.4, 0.5) is 5.82 Å². The molecule has 2 aromatic carbocycles. The van der Waals surface area contributed by atoms with Crippen LogP contribution in [0, 0.1) is 0 Å². The standard InChI is InChI=1S/C25H28N4O5/c1-2-3-4-5-16-6-10-18(11-7-16)25(33)29-24-22(23(26)32)27-20(28-24)14-17-8-12-19(13-9-17)34-15-21(30)31/h6-13H,2-5,14-15H2,1H3,(H2,26,32)(H,27,28)(H,29,33)(H,30,31). The number of H-pyrrole nitrogens is 1. The maximum absolute atomic E-state index is 12.7. The summed E-state index contributed by atoms with van der Waals surface area (Å²) in [6.07, 6.45) is 4.74. The quantitative estimate of drug-likeness (QED) is 0.301. The summed E-state index contributed by atoms with van der Waals surface area (Å²) < 4.78 is 5.11. The average molecular weight is 465 g/mol. The molecule has 9 heteroatoms. The van der Waals surface area contributed by atoms with Crippen molar-refractivity contribution in [1.82, 2.24) is 9.97 Å². The van der Waals surface area contributed by atoms with E-state index in [-0.39, 0.29) is 17.4 Å². The van der Waals surface area contributed by atoms with Gasteiger partial charge in [0.15, 0.2) is 12.3 Å². The molecule has 0 spiro atoms. The van der Waals surface area contributed by atoms with E-state index in [2.05, 4.69) is 22.2 Å². The first kappa shape index (κ1) is 24.5. The van der Waals surface area contributed by atoms with Gasteiger partial charge in [-0.05, 0) is 48.2 Å². The number of aromatic amines is 1. The van der Waals surface area contributed by atoms with E-state index in [0.717, 1.165) is 24.8 Å². The molecular weight excluding hydrogens is 436 g/mol. The fourth-order valence-electron chi connectivity index (χ4n) is 3.40. The molecule has 0 radical (unpaired) electrons. The molecule has 0 saturated carbocycles. The second-order valence-corrected chi connectivity index (χ2v) is 7.88. The number of primary amides is 1. The van der Waals surface area contributed by atoms with Crippen LogP contribution in [0.2, 0.25) is 0 Å².